The van der Waals surface area contributed by atoms with Crippen LogP contribution in [0.15, 0.2) is 17.8 Å². The van der Waals surface area contributed by atoms with Crippen molar-refractivity contribution in [3.8, 4) is 0 Å². The zero-order chi connectivity index (χ0) is 23.1. The summed E-state index contributed by atoms with van der Waals surface area (Å²) < 4.78 is 12.4. The molecule has 2 aliphatic carbocycles. The van der Waals surface area contributed by atoms with E-state index in [1.165, 1.54) is 0 Å². The van der Waals surface area contributed by atoms with E-state index in [4.69, 9.17) is 14.5 Å². The molecule has 0 aromatic carbocycles. The second kappa shape index (κ2) is 8.96. The molecule has 2 spiro atoms. The third-order valence-electron chi connectivity index (χ3n) is 8.34. The Balaban J connectivity index is 1.49. The Morgan fingerprint density at radius 1 is 1.15 bits per heavy atom. The fourth-order valence-corrected chi connectivity index (χ4v) is 6.34. The van der Waals surface area contributed by atoms with Crippen LogP contribution in [0.1, 0.15) is 70.9 Å². The van der Waals surface area contributed by atoms with Gasteiger partial charge in [0.15, 0.2) is 5.79 Å². The molecule has 3 atom stereocenters. The number of allylic oxidation sites excluding steroid dienone is 1. The van der Waals surface area contributed by atoms with Crippen LogP contribution < -0.4 is 10.2 Å². The van der Waals surface area contributed by atoms with Crippen LogP contribution in [-0.2, 0) is 9.47 Å². The Kier molecular flexibility index (Phi) is 6.18. The zero-order valence-corrected chi connectivity index (χ0v) is 19.9. The van der Waals surface area contributed by atoms with Gasteiger partial charge in [-0.15, -0.1) is 0 Å². The van der Waals surface area contributed by atoms with E-state index in [1.54, 1.807) is 12.3 Å². The van der Waals surface area contributed by atoms with Gasteiger partial charge in [-0.05, 0) is 65.0 Å². The van der Waals surface area contributed by atoms with Gasteiger partial charge in [-0.3, -0.25) is 0 Å². The molecule has 5 rings (SSSR count). The highest BCUT2D eigenvalue weighted by Gasteiger charge is 2.60. The van der Waals surface area contributed by atoms with E-state index < -0.39 is 11.2 Å². The lowest BCUT2D eigenvalue weighted by molar-refractivity contribution is -0.236. The van der Waals surface area contributed by atoms with E-state index in [-0.39, 0.29) is 11.8 Å². The number of hydrogen-bond acceptors (Lipinski definition) is 8. The summed E-state index contributed by atoms with van der Waals surface area (Å²) in [4.78, 5) is 11.5. The van der Waals surface area contributed by atoms with Gasteiger partial charge in [0, 0.05) is 42.5 Å². The minimum absolute atomic E-state index is 0.107. The smallest absolute Gasteiger partial charge is 0.226 e. The minimum atomic E-state index is -0.713. The predicted octanol–water partition coefficient (Wildman–Crippen LogP) is 3.83. The monoisotopic (exact) mass is 455 g/mol. The van der Waals surface area contributed by atoms with Crippen LogP contribution in [0, 0.1) is 10.8 Å². The number of rotatable bonds is 2. The van der Waals surface area contributed by atoms with Gasteiger partial charge in [0.1, 0.15) is 11.5 Å². The third-order valence-corrected chi connectivity index (χ3v) is 8.34. The summed E-state index contributed by atoms with van der Waals surface area (Å²) in [6.45, 7) is 7.37. The van der Waals surface area contributed by atoms with Gasteiger partial charge in [-0.25, -0.2) is 9.97 Å². The van der Waals surface area contributed by atoms with Crippen molar-refractivity contribution in [1.29, 1.82) is 5.41 Å². The summed E-state index contributed by atoms with van der Waals surface area (Å²) in [5.74, 6) is 0.0295. The molecule has 0 radical (unpaired) electrons. The Morgan fingerprint density at radius 2 is 1.91 bits per heavy atom. The van der Waals surface area contributed by atoms with Gasteiger partial charge in [-0.2, -0.15) is 0 Å². The van der Waals surface area contributed by atoms with E-state index in [2.05, 4.69) is 29.0 Å². The van der Waals surface area contributed by atoms with Crippen molar-refractivity contribution in [2.24, 2.45) is 5.41 Å². The van der Waals surface area contributed by atoms with Gasteiger partial charge in [0.25, 0.3) is 0 Å². The highest BCUT2D eigenvalue weighted by molar-refractivity contribution is 6.08. The van der Waals surface area contributed by atoms with E-state index in [0.29, 0.717) is 48.6 Å². The fourth-order valence-electron chi connectivity index (χ4n) is 6.34. The molecule has 2 saturated heterocycles. The quantitative estimate of drug-likeness (QED) is 0.582. The van der Waals surface area contributed by atoms with E-state index in [9.17, 15) is 10.5 Å². The van der Waals surface area contributed by atoms with Gasteiger partial charge >= 0.3 is 0 Å². The lowest BCUT2D eigenvalue weighted by atomic mass is 9.59. The van der Waals surface area contributed by atoms with Crippen molar-refractivity contribution in [3.05, 3.63) is 23.5 Å². The molecule has 3 heterocycles. The number of aliphatic hydroxyl groups is 1. The number of ether oxygens (including phenoxy) is 2. The first-order valence-electron chi connectivity index (χ1n) is 12.6. The van der Waals surface area contributed by atoms with Gasteiger partial charge in [-0.1, -0.05) is 6.42 Å². The summed E-state index contributed by atoms with van der Waals surface area (Å²) in [6, 6.07) is 2.32. The third kappa shape index (κ3) is 3.76. The molecule has 180 valence electrons. The SMILES string of the molecule is C[C@@H]1NCCCN(c2nccc(/C(O)=C3\CCC[C@@]4(CCCCC45OCCO5)C3=N)n2)[C@H]1C. The number of hydrogen-bond donors (Lipinski definition) is 3. The lowest BCUT2D eigenvalue weighted by Gasteiger charge is -2.52. The summed E-state index contributed by atoms with van der Waals surface area (Å²) >= 11 is 0. The van der Waals surface area contributed by atoms with Gasteiger partial charge in [0.05, 0.1) is 18.6 Å². The Morgan fingerprint density at radius 3 is 2.73 bits per heavy atom. The molecule has 2 saturated carbocycles. The number of anilines is 1. The highest BCUT2D eigenvalue weighted by atomic mass is 16.7. The van der Waals surface area contributed by atoms with Gasteiger partial charge < -0.3 is 30.2 Å². The topological polar surface area (TPSA) is 104 Å². The molecule has 1 aromatic rings. The van der Waals surface area contributed by atoms with Gasteiger partial charge in [0.2, 0.25) is 5.95 Å². The van der Waals surface area contributed by atoms with Crippen LogP contribution in [0.3, 0.4) is 0 Å². The Hall–Kier alpha value is -2.03. The largest absolute Gasteiger partial charge is 0.505 e. The second-order valence-electron chi connectivity index (χ2n) is 10.1. The maximum absolute atomic E-state index is 11.4. The normalized spacial score (nSPS) is 34.0. The summed E-state index contributed by atoms with van der Waals surface area (Å²) in [6.07, 6.45) is 8.98. The Bertz CT molecular complexity index is 924. The first-order valence-corrected chi connectivity index (χ1v) is 12.6. The standard InChI is InChI=1S/C25H37N5O3/c1-17-18(2)30(14-6-12-27-17)23-28-13-8-20(29-23)21(31)19-7-5-10-24(22(19)26)9-3-4-11-25(24)32-15-16-33-25/h8,13,17-18,26-27,31H,3-7,9-12,14-16H2,1-2H3/b21-19-,26-22?/t17-,18-,24-/m0/s1. The number of fused-ring (bicyclic) bond motifs is 1. The van der Waals surface area contributed by atoms with Crippen LogP contribution in [0.2, 0.25) is 0 Å². The average Bonchev–Trinajstić information content (AvgIpc) is 3.24. The number of aromatic nitrogens is 2. The van der Waals surface area contributed by atoms with Crippen molar-refractivity contribution < 1.29 is 14.6 Å². The molecular weight excluding hydrogens is 418 g/mol. The number of nitrogens with one attached hydrogen (secondary N) is 2. The van der Waals surface area contributed by atoms with Crippen molar-refractivity contribution in [2.45, 2.75) is 83.1 Å². The maximum atomic E-state index is 11.4. The summed E-state index contributed by atoms with van der Waals surface area (Å²) in [5, 5.41) is 24.2. The van der Waals surface area contributed by atoms with E-state index in [0.717, 1.165) is 58.0 Å². The highest BCUT2D eigenvalue weighted by Crippen LogP contribution is 2.56. The first-order chi connectivity index (χ1) is 16.0. The second-order valence-corrected chi connectivity index (χ2v) is 10.1. The lowest BCUT2D eigenvalue weighted by Crippen LogP contribution is -2.57. The minimum Gasteiger partial charge on any atom is -0.505 e. The molecule has 0 unspecified atom stereocenters. The molecule has 4 aliphatic rings. The molecule has 0 amide bonds. The Labute approximate surface area is 196 Å². The molecule has 0 bridgehead atoms. The van der Waals surface area contributed by atoms with Crippen LogP contribution in [0.25, 0.3) is 5.76 Å². The van der Waals surface area contributed by atoms with Crippen LogP contribution >= 0.6 is 0 Å². The first kappa shape index (κ1) is 22.7. The molecular formula is C25H37N5O3. The van der Waals surface area contributed by atoms with Crippen molar-refractivity contribution in [1.82, 2.24) is 15.3 Å². The number of nitrogens with zero attached hydrogens (tertiary/aromatic N) is 3. The molecule has 3 N–H and O–H groups in total. The molecule has 1 aromatic heterocycles. The average molecular weight is 456 g/mol. The predicted molar refractivity (Wildman–Crippen MR) is 128 cm³/mol. The summed E-state index contributed by atoms with van der Waals surface area (Å²) in [7, 11) is 0. The van der Waals surface area contributed by atoms with Crippen molar-refractivity contribution in [3.63, 3.8) is 0 Å². The summed E-state index contributed by atoms with van der Waals surface area (Å²) in [5.41, 5.74) is 1.17. The molecule has 8 nitrogen and oxygen atoms in total. The van der Waals surface area contributed by atoms with Crippen molar-refractivity contribution >= 4 is 17.4 Å². The van der Waals surface area contributed by atoms with Crippen LogP contribution in [-0.4, -0.2) is 65.0 Å². The molecule has 8 heteroatoms. The molecule has 2 aliphatic heterocycles. The number of aliphatic hydroxyl groups excluding tert-OH is 1. The zero-order valence-electron chi connectivity index (χ0n) is 19.9. The van der Waals surface area contributed by atoms with Crippen molar-refractivity contribution in [2.75, 3.05) is 31.2 Å². The van der Waals surface area contributed by atoms with E-state index >= 15 is 0 Å². The van der Waals surface area contributed by atoms with Crippen LogP contribution in [0.4, 0.5) is 5.95 Å². The molecule has 4 fully saturated rings. The fraction of sp³-hybridized carbons (Fsp3) is 0.720. The molecule has 33 heavy (non-hydrogen) atoms. The van der Waals surface area contributed by atoms with Crippen LogP contribution in [0.5, 0.6) is 0 Å². The van der Waals surface area contributed by atoms with E-state index in [1.807, 2.05) is 0 Å². The maximum Gasteiger partial charge on any atom is 0.226 e.